The summed E-state index contributed by atoms with van der Waals surface area (Å²) in [5.41, 5.74) is 0. The molecule has 0 radical (unpaired) electrons. The summed E-state index contributed by atoms with van der Waals surface area (Å²) in [5.74, 6) is 0.743. The van der Waals surface area contributed by atoms with Crippen molar-refractivity contribution in [2.45, 2.75) is 38.5 Å². The molecule has 23 heavy (non-hydrogen) atoms. The molecule has 9 heteroatoms. The Balaban J connectivity index is 3.37. The SMILES string of the molecule is CSCCC(=O)NCCC(=O)NCCCCCCOP(C)([O-])=S. The topological polar surface area (TPSA) is 90.5 Å². The lowest BCUT2D eigenvalue weighted by Gasteiger charge is -2.22. The van der Waals surface area contributed by atoms with Crippen LogP contribution in [0.5, 0.6) is 0 Å². The summed E-state index contributed by atoms with van der Waals surface area (Å²) in [4.78, 5) is 34.0. The van der Waals surface area contributed by atoms with Gasteiger partial charge in [0.1, 0.15) is 0 Å². The molecule has 0 aliphatic heterocycles. The number of thioether (sulfide) groups is 1. The van der Waals surface area contributed by atoms with Crippen molar-refractivity contribution in [3.63, 3.8) is 0 Å². The van der Waals surface area contributed by atoms with E-state index in [2.05, 4.69) is 22.4 Å². The molecule has 2 N–H and O–H groups in total. The Morgan fingerprint density at radius 1 is 1.09 bits per heavy atom. The van der Waals surface area contributed by atoms with Crippen LogP contribution >= 0.6 is 18.3 Å². The van der Waals surface area contributed by atoms with Gasteiger partial charge >= 0.3 is 0 Å². The Morgan fingerprint density at radius 2 is 1.70 bits per heavy atom. The highest BCUT2D eigenvalue weighted by atomic mass is 32.5. The van der Waals surface area contributed by atoms with Crippen LogP contribution in [0, 0.1) is 0 Å². The molecule has 1 atom stereocenters. The molecule has 136 valence electrons. The number of rotatable bonds is 14. The van der Waals surface area contributed by atoms with Crippen molar-refractivity contribution in [2.24, 2.45) is 0 Å². The third-order valence-electron chi connectivity index (χ3n) is 2.93. The second-order valence-electron chi connectivity index (χ2n) is 5.21. The van der Waals surface area contributed by atoms with E-state index in [4.69, 9.17) is 4.52 Å². The predicted octanol–water partition coefficient (Wildman–Crippen LogP) is 1.24. The van der Waals surface area contributed by atoms with Gasteiger partial charge in [-0.25, -0.2) is 0 Å². The van der Waals surface area contributed by atoms with E-state index in [1.807, 2.05) is 6.26 Å². The van der Waals surface area contributed by atoms with E-state index in [9.17, 15) is 14.5 Å². The van der Waals surface area contributed by atoms with Gasteiger partial charge in [0.05, 0.1) is 6.61 Å². The normalized spacial score (nSPS) is 13.3. The van der Waals surface area contributed by atoms with Crippen molar-refractivity contribution in [3.05, 3.63) is 0 Å². The Bertz CT molecular complexity index is 391. The molecular formula is C14H28N2O4PS2-. The lowest BCUT2D eigenvalue weighted by molar-refractivity contribution is -0.180. The minimum atomic E-state index is -2.77. The maximum atomic E-state index is 11.6. The Morgan fingerprint density at radius 3 is 2.35 bits per heavy atom. The molecule has 0 rings (SSSR count). The van der Waals surface area contributed by atoms with Crippen LogP contribution in [-0.4, -0.2) is 50.2 Å². The van der Waals surface area contributed by atoms with Gasteiger partial charge in [0.2, 0.25) is 11.8 Å². The summed E-state index contributed by atoms with van der Waals surface area (Å²) in [6, 6.07) is 0. The van der Waals surface area contributed by atoms with Crippen LogP contribution in [0.2, 0.25) is 0 Å². The minimum Gasteiger partial charge on any atom is -0.801 e. The van der Waals surface area contributed by atoms with Gasteiger partial charge in [-0.15, -0.1) is 0 Å². The number of carbonyl (C=O) groups excluding carboxylic acids is 2. The van der Waals surface area contributed by atoms with Crippen molar-refractivity contribution in [2.75, 3.05) is 38.4 Å². The smallest absolute Gasteiger partial charge is 0.221 e. The number of nitrogens with one attached hydrogen (secondary N) is 2. The van der Waals surface area contributed by atoms with E-state index in [0.717, 1.165) is 31.4 Å². The summed E-state index contributed by atoms with van der Waals surface area (Å²) >= 11 is 6.29. The molecule has 0 aliphatic rings. The van der Waals surface area contributed by atoms with Crippen LogP contribution in [0.3, 0.4) is 0 Å². The highest BCUT2D eigenvalue weighted by Gasteiger charge is 2.03. The van der Waals surface area contributed by atoms with Gasteiger partial charge in [-0.2, -0.15) is 11.8 Å². The van der Waals surface area contributed by atoms with E-state index in [1.54, 1.807) is 11.8 Å². The highest BCUT2D eigenvalue weighted by molar-refractivity contribution is 8.08. The largest absolute Gasteiger partial charge is 0.801 e. The van der Waals surface area contributed by atoms with E-state index < -0.39 is 6.49 Å². The van der Waals surface area contributed by atoms with Crippen molar-refractivity contribution in [3.8, 4) is 0 Å². The zero-order chi connectivity index (χ0) is 17.6. The van der Waals surface area contributed by atoms with Gasteiger partial charge in [0.25, 0.3) is 0 Å². The molecule has 0 saturated heterocycles. The first-order valence-corrected chi connectivity index (χ1v) is 12.3. The molecule has 0 spiro atoms. The molecule has 1 unspecified atom stereocenters. The molecule has 0 heterocycles. The summed E-state index contributed by atoms with van der Waals surface area (Å²) in [7, 11) is 0. The average molecular weight is 383 g/mol. The molecular weight excluding hydrogens is 355 g/mol. The van der Waals surface area contributed by atoms with E-state index in [-0.39, 0.29) is 11.8 Å². The quantitative estimate of drug-likeness (QED) is 0.346. The Hall–Kier alpha value is -0.140. The summed E-state index contributed by atoms with van der Waals surface area (Å²) in [6.07, 6.45) is 6.40. The van der Waals surface area contributed by atoms with E-state index in [0.29, 0.717) is 32.5 Å². The van der Waals surface area contributed by atoms with Crippen molar-refractivity contribution in [1.29, 1.82) is 0 Å². The van der Waals surface area contributed by atoms with Crippen molar-refractivity contribution >= 4 is 41.9 Å². The molecule has 0 aromatic carbocycles. The monoisotopic (exact) mass is 383 g/mol. The van der Waals surface area contributed by atoms with Crippen LogP contribution in [-0.2, 0) is 25.9 Å². The summed E-state index contributed by atoms with van der Waals surface area (Å²) in [5, 5.41) is 5.55. The number of unbranched alkanes of at least 4 members (excludes halogenated alkanes) is 3. The number of amides is 2. The third-order valence-corrected chi connectivity index (χ3v) is 4.51. The van der Waals surface area contributed by atoms with Gasteiger partial charge in [0, 0.05) is 31.7 Å². The standard InChI is InChI=1S/C14H29N2O4PS2/c1-21(19,22)20-11-6-4-3-5-9-15-13(17)7-10-16-14(18)8-12-23-2/h3-12H2,1-2H3,(H,15,17)(H,16,18)(H,19,22)/p-1. The first-order valence-electron chi connectivity index (χ1n) is 7.80. The molecule has 2 amide bonds. The lowest BCUT2D eigenvalue weighted by Crippen LogP contribution is -2.31. The molecule has 0 bridgehead atoms. The highest BCUT2D eigenvalue weighted by Crippen LogP contribution is 2.31. The molecule has 0 aromatic heterocycles. The van der Waals surface area contributed by atoms with Crippen LogP contribution in [0.1, 0.15) is 38.5 Å². The van der Waals surface area contributed by atoms with Gasteiger partial charge in [0.15, 0.2) is 0 Å². The van der Waals surface area contributed by atoms with Gasteiger partial charge in [-0.3, -0.25) is 9.59 Å². The zero-order valence-corrected chi connectivity index (χ0v) is 16.5. The molecule has 0 aliphatic carbocycles. The average Bonchev–Trinajstić information content (AvgIpc) is 2.46. The van der Waals surface area contributed by atoms with Crippen LogP contribution < -0.4 is 15.5 Å². The van der Waals surface area contributed by atoms with Crippen molar-refractivity contribution in [1.82, 2.24) is 10.6 Å². The third kappa shape index (κ3) is 18.0. The molecule has 0 fully saturated rings. The summed E-state index contributed by atoms with van der Waals surface area (Å²) in [6.45, 7) is 0.110. The van der Waals surface area contributed by atoms with Crippen LogP contribution in [0.15, 0.2) is 0 Å². The maximum Gasteiger partial charge on any atom is 0.221 e. The van der Waals surface area contributed by atoms with Crippen LogP contribution in [0.4, 0.5) is 0 Å². The molecule has 0 aromatic rings. The van der Waals surface area contributed by atoms with Gasteiger partial charge in [-0.05, 0) is 32.3 Å². The van der Waals surface area contributed by atoms with E-state index in [1.165, 1.54) is 6.66 Å². The Kier molecular flexibility index (Phi) is 14.1. The summed E-state index contributed by atoms with van der Waals surface area (Å²) < 4.78 is 5.03. The molecule has 6 nitrogen and oxygen atoms in total. The van der Waals surface area contributed by atoms with E-state index >= 15 is 0 Å². The fourth-order valence-corrected chi connectivity index (χ4v) is 2.80. The van der Waals surface area contributed by atoms with Gasteiger partial charge in [-0.1, -0.05) is 24.6 Å². The minimum absolute atomic E-state index is 0.00919. The second-order valence-corrected chi connectivity index (χ2v) is 9.99. The maximum absolute atomic E-state index is 11.6. The van der Waals surface area contributed by atoms with Crippen molar-refractivity contribution < 1.29 is 19.0 Å². The van der Waals surface area contributed by atoms with Gasteiger partial charge < -0.3 is 20.1 Å². The number of hydrogen-bond acceptors (Lipinski definition) is 6. The fraction of sp³-hybridized carbons (Fsp3) is 0.857. The first-order chi connectivity index (χ1) is 10.8. The second kappa shape index (κ2) is 14.2. The molecule has 0 saturated carbocycles. The number of hydrogen-bond donors (Lipinski definition) is 2. The fourth-order valence-electron chi connectivity index (χ4n) is 1.73. The number of carbonyl (C=O) groups is 2. The van der Waals surface area contributed by atoms with Crippen LogP contribution in [0.25, 0.3) is 0 Å². The predicted molar refractivity (Wildman–Crippen MR) is 98.3 cm³/mol. The Labute approximate surface area is 148 Å². The zero-order valence-electron chi connectivity index (χ0n) is 14.0. The first kappa shape index (κ1) is 22.9. The lowest BCUT2D eigenvalue weighted by atomic mass is 10.2.